The summed E-state index contributed by atoms with van der Waals surface area (Å²) in [6.45, 7) is 4.60. The molecular formula is C24H32F2N6O5S. The number of halogens is 2. The van der Waals surface area contributed by atoms with E-state index >= 15 is 0 Å². The van der Waals surface area contributed by atoms with E-state index in [1.165, 1.54) is 11.4 Å². The molecule has 0 bridgehead atoms. The van der Waals surface area contributed by atoms with Gasteiger partial charge in [0.1, 0.15) is 17.1 Å². The van der Waals surface area contributed by atoms with Crippen LogP contribution in [-0.4, -0.2) is 93.9 Å². The van der Waals surface area contributed by atoms with Gasteiger partial charge in [0, 0.05) is 19.3 Å². The van der Waals surface area contributed by atoms with Gasteiger partial charge in [-0.3, -0.25) is 9.69 Å². The van der Waals surface area contributed by atoms with Crippen molar-refractivity contribution in [2.45, 2.75) is 25.3 Å². The van der Waals surface area contributed by atoms with Crippen LogP contribution in [0.1, 0.15) is 35.2 Å². The third-order valence-electron chi connectivity index (χ3n) is 6.67. The van der Waals surface area contributed by atoms with Gasteiger partial charge in [-0.25, -0.2) is 26.5 Å². The van der Waals surface area contributed by atoms with Crippen LogP contribution in [0.15, 0.2) is 18.3 Å². The standard InChI is InChI=1S/C24H32F2N6O5S/c1-36-19-4-3-18(25)21(26)20(19)22(33)17-15-29-24(30-23(17)27)32(16-5-7-28-8-6-16)38(34,35)14-2-9-31-10-12-37-13-11-31/h3-4,15-16,28H,2,5-14H2,1H3,(H2,27,29,30). The van der Waals surface area contributed by atoms with Crippen LogP contribution < -0.4 is 20.1 Å². The molecule has 1 aromatic heterocycles. The lowest BCUT2D eigenvalue weighted by Gasteiger charge is -2.34. The minimum absolute atomic E-state index is 0.121. The fourth-order valence-corrected chi connectivity index (χ4v) is 6.36. The molecule has 3 N–H and O–H groups in total. The molecule has 2 aliphatic heterocycles. The number of benzene rings is 1. The van der Waals surface area contributed by atoms with Gasteiger partial charge in [0.25, 0.3) is 0 Å². The van der Waals surface area contributed by atoms with Gasteiger partial charge in [-0.15, -0.1) is 0 Å². The number of morpholine rings is 1. The molecule has 0 unspecified atom stereocenters. The topological polar surface area (TPSA) is 140 Å². The first-order valence-electron chi connectivity index (χ1n) is 12.4. The van der Waals surface area contributed by atoms with E-state index in [2.05, 4.69) is 20.2 Å². The summed E-state index contributed by atoms with van der Waals surface area (Å²) in [5, 5.41) is 3.20. The highest BCUT2D eigenvalue weighted by Crippen LogP contribution is 2.29. The maximum Gasteiger partial charge on any atom is 0.241 e. The Morgan fingerprint density at radius 1 is 1.26 bits per heavy atom. The molecule has 11 nitrogen and oxygen atoms in total. The number of aromatic nitrogens is 2. The monoisotopic (exact) mass is 554 g/mol. The Labute approximate surface area is 220 Å². The Kier molecular flexibility index (Phi) is 9.07. The van der Waals surface area contributed by atoms with Crippen molar-refractivity contribution in [3.63, 3.8) is 0 Å². The lowest BCUT2D eigenvalue weighted by molar-refractivity contribution is 0.0381. The zero-order valence-electron chi connectivity index (χ0n) is 21.2. The number of piperidine rings is 1. The molecule has 4 rings (SSSR count). The Morgan fingerprint density at radius 2 is 1.97 bits per heavy atom. The first-order valence-corrected chi connectivity index (χ1v) is 14.1. The number of nitrogens with two attached hydrogens (primary N) is 1. The van der Waals surface area contributed by atoms with E-state index in [-0.39, 0.29) is 28.8 Å². The summed E-state index contributed by atoms with van der Waals surface area (Å²) < 4.78 is 67.0. The SMILES string of the molecule is COc1ccc(F)c(F)c1C(=O)c1cnc(N(C2CCNCC2)S(=O)(=O)CCCN2CCOCC2)nc1N. The van der Waals surface area contributed by atoms with E-state index < -0.39 is 39.0 Å². The van der Waals surface area contributed by atoms with Gasteiger partial charge >= 0.3 is 0 Å². The van der Waals surface area contributed by atoms with Crippen molar-refractivity contribution in [2.24, 2.45) is 0 Å². The van der Waals surface area contributed by atoms with Crippen molar-refractivity contribution >= 4 is 27.6 Å². The van der Waals surface area contributed by atoms with Crippen LogP contribution in [0, 0.1) is 11.6 Å². The zero-order chi connectivity index (χ0) is 27.3. The molecule has 2 saturated heterocycles. The second-order valence-electron chi connectivity index (χ2n) is 9.14. The normalized spacial score (nSPS) is 17.3. The van der Waals surface area contributed by atoms with E-state index in [4.69, 9.17) is 15.2 Å². The van der Waals surface area contributed by atoms with Gasteiger partial charge in [0.15, 0.2) is 11.6 Å². The van der Waals surface area contributed by atoms with Gasteiger partial charge in [0.05, 0.1) is 37.7 Å². The Hall–Kier alpha value is -2.94. The van der Waals surface area contributed by atoms with E-state index in [9.17, 15) is 22.0 Å². The number of ketones is 1. The van der Waals surface area contributed by atoms with Crippen molar-refractivity contribution in [1.82, 2.24) is 20.2 Å². The molecule has 0 amide bonds. The van der Waals surface area contributed by atoms with E-state index in [1.54, 1.807) is 0 Å². The van der Waals surface area contributed by atoms with Crippen LogP contribution in [0.4, 0.5) is 20.5 Å². The summed E-state index contributed by atoms with van der Waals surface area (Å²) in [5.41, 5.74) is 5.12. The number of ether oxygens (including phenoxy) is 2. The van der Waals surface area contributed by atoms with Crippen LogP contribution in [0.25, 0.3) is 0 Å². The summed E-state index contributed by atoms with van der Waals surface area (Å²) >= 11 is 0. The third kappa shape index (κ3) is 6.20. The van der Waals surface area contributed by atoms with Gasteiger partial charge in [0.2, 0.25) is 21.8 Å². The number of carbonyl (C=O) groups is 1. The molecule has 0 radical (unpaired) electrons. The lowest BCUT2D eigenvalue weighted by Crippen LogP contribution is -2.48. The number of sulfonamides is 1. The maximum absolute atomic E-state index is 14.5. The van der Waals surface area contributed by atoms with Gasteiger partial charge in [-0.1, -0.05) is 0 Å². The van der Waals surface area contributed by atoms with Gasteiger partial charge in [-0.05, 0) is 51.0 Å². The number of nitrogens with one attached hydrogen (secondary N) is 1. The second-order valence-corrected chi connectivity index (χ2v) is 11.1. The number of methoxy groups -OCH3 is 1. The lowest BCUT2D eigenvalue weighted by atomic mass is 10.0. The first-order chi connectivity index (χ1) is 18.2. The summed E-state index contributed by atoms with van der Waals surface area (Å²) in [5.74, 6) is -4.43. The molecule has 0 aliphatic carbocycles. The summed E-state index contributed by atoms with van der Waals surface area (Å²) in [6, 6.07) is 1.57. The summed E-state index contributed by atoms with van der Waals surface area (Å²) in [4.78, 5) is 23.6. The highest BCUT2D eigenvalue weighted by Gasteiger charge is 2.34. The minimum Gasteiger partial charge on any atom is -0.496 e. The highest BCUT2D eigenvalue weighted by molar-refractivity contribution is 7.92. The largest absolute Gasteiger partial charge is 0.496 e. The molecule has 3 heterocycles. The minimum atomic E-state index is -3.85. The molecule has 0 spiro atoms. The molecular weight excluding hydrogens is 522 g/mol. The number of hydrogen-bond acceptors (Lipinski definition) is 10. The predicted octanol–water partition coefficient (Wildman–Crippen LogP) is 1.19. The van der Waals surface area contributed by atoms with Gasteiger partial charge in [-0.2, -0.15) is 4.98 Å². The van der Waals surface area contributed by atoms with E-state index in [0.717, 1.165) is 31.4 Å². The van der Waals surface area contributed by atoms with E-state index in [1.807, 2.05) is 0 Å². The van der Waals surface area contributed by atoms with Gasteiger partial charge < -0.3 is 20.5 Å². The van der Waals surface area contributed by atoms with Crippen molar-refractivity contribution in [1.29, 1.82) is 0 Å². The molecule has 0 atom stereocenters. The van der Waals surface area contributed by atoms with Crippen LogP contribution >= 0.6 is 0 Å². The molecule has 38 heavy (non-hydrogen) atoms. The van der Waals surface area contributed by atoms with Crippen molar-refractivity contribution in [3.05, 3.63) is 41.1 Å². The summed E-state index contributed by atoms with van der Waals surface area (Å²) in [7, 11) is -2.63. The fraction of sp³-hybridized carbons (Fsp3) is 0.542. The number of rotatable bonds is 10. The average molecular weight is 555 g/mol. The number of nitrogens with zero attached hydrogens (tertiary/aromatic N) is 4. The van der Waals surface area contributed by atoms with Crippen LogP contribution in [0.5, 0.6) is 5.75 Å². The molecule has 0 saturated carbocycles. The van der Waals surface area contributed by atoms with Crippen molar-refractivity contribution in [3.8, 4) is 5.75 Å². The quantitative estimate of drug-likeness (QED) is 0.412. The van der Waals surface area contributed by atoms with Crippen molar-refractivity contribution < 1.29 is 31.5 Å². The smallest absolute Gasteiger partial charge is 0.241 e. The highest BCUT2D eigenvalue weighted by atomic mass is 32.2. The summed E-state index contributed by atoms with van der Waals surface area (Å²) in [6.07, 6.45) is 2.53. The van der Waals surface area contributed by atoms with Crippen LogP contribution in [-0.2, 0) is 14.8 Å². The number of hydrogen-bond donors (Lipinski definition) is 2. The average Bonchev–Trinajstić information content (AvgIpc) is 2.91. The molecule has 2 aromatic rings. The van der Waals surface area contributed by atoms with Crippen LogP contribution in [0.3, 0.4) is 0 Å². The molecule has 2 aliphatic rings. The molecule has 14 heteroatoms. The fourth-order valence-electron chi connectivity index (χ4n) is 4.67. The van der Waals surface area contributed by atoms with E-state index in [0.29, 0.717) is 52.1 Å². The number of anilines is 2. The molecule has 208 valence electrons. The molecule has 2 fully saturated rings. The van der Waals surface area contributed by atoms with Crippen molar-refractivity contribution in [2.75, 3.05) is 68.8 Å². The van der Waals surface area contributed by atoms with Crippen LogP contribution in [0.2, 0.25) is 0 Å². The first kappa shape index (κ1) is 28.1. The molecule has 1 aromatic carbocycles. The Bertz CT molecular complexity index is 1250. The number of carbonyl (C=O) groups excluding carboxylic acids is 1. The number of nitrogen functional groups attached to an aromatic ring is 1. The maximum atomic E-state index is 14.5. The Balaban J connectivity index is 1.61. The predicted molar refractivity (Wildman–Crippen MR) is 137 cm³/mol. The Morgan fingerprint density at radius 3 is 2.63 bits per heavy atom. The zero-order valence-corrected chi connectivity index (χ0v) is 22.0. The third-order valence-corrected chi connectivity index (χ3v) is 8.54. The second kappa shape index (κ2) is 12.3.